The van der Waals surface area contributed by atoms with Crippen LogP contribution in [0.4, 0.5) is 0 Å². The number of nitrogens with zero attached hydrogens (tertiary/aromatic N) is 1. The maximum absolute atomic E-state index is 11.7. The zero-order valence-electron chi connectivity index (χ0n) is 9.13. The maximum Gasteiger partial charge on any atom is 0.290 e. The summed E-state index contributed by atoms with van der Waals surface area (Å²) >= 11 is 5.78. The summed E-state index contributed by atoms with van der Waals surface area (Å²) < 4.78 is 4.86. The van der Waals surface area contributed by atoms with Crippen molar-refractivity contribution in [3.8, 4) is 0 Å². The number of alkyl halides is 1. The maximum atomic E-state index is 11.7. The summed E-state index contributed by atoms with van der Waals surface area (Å²) in [6.45, 7) is 5.62. The number of aryl methyl sites for hydroxylation is 1. The number of carbonyl (C=O) groups excluding carboxylic acids is 1. The van der Waals surface area contributed by atoms with Gasteiger partial charge in [0.25, 0.3) is 5.91 Å². The Morgan fingerprint density at radius 2 is 2.40 bits per heavy atom. The molecule has 4 nitrogen and oxygen atoms in total. The number of hydrogen-bond donors (Lipinski definition) is 1. The highest BCUT2D eigenvalue weighted by Gasteiger charge is 2.25. The van der Waals surface area contributed by atoms with Crippen molar-refractivity contribution in [2.24, 2.45) is 0 Å². The van der Waals surface area contributed by atoms with Gasteiger partial charge in [0, 0.05) is 11.9 Å². The average Bonchev–Trinajstić information content (AvgIpc) is 2.65. The van der Waals surface area contributed by atoms with E-state index in [1.54, 1.807) is 13.0 Å². The van der Waals surface area contributed by atoms with Crippen LogP contribution in [0.1, 0.15) is 36.5 Å². The minimum Gasteiger partial charge on any atom is -0.351 e. The van der Waals surface area contributed by atoms with Crippen molar-refractivity contribution in [1.29, 1.82) is 0 Å². The normalized spacial score (nSPS) is 14.7. The minimum absolute atomic E-state index is 0.220. The molecule has 1 rings (SSSR count). The third-order valence-corrected chi connectivity index (χ3v) is 2.93. The first-order valence-electron chi connectivity index (χ1n) is 4.82. The van der Waals surface area contributed by atoms with E-state index in [2.05, 4.69) is 10.5 Å². The molecule has 0 fully saturated rings. The molecular weight excluding hydrogens is 216 g/mol. The van der Waals surface area contributed by atoms with Crippen molar-refractivity contribution < 1.29 is 9.32 Å². The second kappa shape index (κ2) is 4.66. The van der Waals surface area contributed by atoms with E-state index in [1.165, 1.54) is 0 Å². The third kappa shape index (κ3) is 2.96. The summed E-state index contributed by atoms with van der Waals surface area (Å²) in [4.78, 5) is 11.7. The lowest BCUT2D eigenvalue weighted by Gasteiger charge is -2.26. The zero-order chi connectivity index (χ0) is 11.5. The molecule has 0 saturated carbocycles. The van der Waals surface area contributed by atoms with Crippen LogP contribution >= 0.6 is 11.6 Å². The molecule has 0 bridgehead atoms. The molecule has 1 unspecified atom stereocenters. The summed E-state index contributed by atoms with van der Waals surface area (Å²) in [5.74, 6) is 0.306. The molecule has 1 amide bonds. The van der Waals surface area contributed by atoms with Crippen molar-refractivity contribution in [3.05, 3.63) is 17.5 Å². The van der Waals surface area contributed by atoms with Crippen LogP contribution in [0.15, 0.2) is 10.6 Å². The van der Waals surface area contributed by atoms with Crippen LogP contribution in [-0.4, -0.2) is 22.5 Å². The lowest BCUT2D eigenvalue weighted by Crippen LogP contribution is -2.46. The molecule has 1 atom stereocenters. The lowest BCUT2D eigenvalue weighted by atomic mass is 10.0. The monoisotopic (exact) mass is 230 g/mol. The molecule has 0 radical (unpaired) electrons. The number of amides is 1. The predicted molar refractivity (Wildman–Crippen MR) is 58.1 cm³/mol. The van der Waals surface area contributed by atoms with E-state index in [1.807, 2.05) is 13.8 Å². The first-order chi connectivity index (χ1) is 7.00. The molecule has 84 valence electrons. The quantitative estimate of drug-likeness (QED) is 0.807. The Kier molecular flexibility index (Phi) is 3.74. The third-order valence-electron chi connectivity index (χ3n) is 2.34. The Bertz CT molecular complexity index is 345. The van der Waals surface area contributed by atoms with Gasteiger partial charge >= 0.3 is 0 Å². The second-order valence-corrected chi connectivity index (χ2v) is 4.10. The van der Waals surface area contributed by atoms with E-state index in [9.17, 15) is 4.79 Å². The largest absolute Gasteiger partial charge is 0.351 e. The van der Waals surface area contributed by atoms with Gasteiger partial charge in [-0.2, -0.15) is 0 Å². The molecule has 0 saturated heterocycles. The molecule has 0 aliphatic heterocycles. The van der Waals surface area contributed by atoms with Gasteiger partial charge in [0.15, 0.2) is 0 Å². The fraction of sp³-hybridized carbons (Fsp3) is 0.600. The van der Waals surface area contributed by atoms with Gasteiger partial charge in [-0.05, 0) is 20.3 Å². The Morgan fingerprint density at radius 1 is 1.73 bits per heavy atom. The van der Waals surface area contributed by atoms with Crippen LogP contribution < -0.4 is 5.32 Å². The van der Waals surface area contributed by atoms with Crippen molar-refractivity contribution in [3.63, 3.8) is 0 Å². The van der Waals surface area contributed by atoms with Crippen LogP contribution in [0.5, 0.6) is 0 Å². The molecule has 15 heavy (non-hydrogen) atoms. The van der Waals surface area contributed by atoms with Crippen molar-refractivity contribution in [2.75, 3.05) is 5.88 Å². The highest BCUT2D eigenvalue weighted by atomic mass is 35.5. The topological polar surface area (TPSA) is 55.1 Å². The molecule has 1 aromatic heterocycles. The summed E-state index contributed by atoms with van der Waals surface area (Å²) in [7, 11) is 0. The smallest absolute Gasteiger partial charge is 0.290 e. The Labute approximate surface area is 94.0 Å². The van der Waals surface area contributed by atoms with E-state index >= 15 is 0 Å². The number of halogens is 1. The second-order valence-electron chi connectivity index (χ2n) is 3.83. The van der Waals surface area contributed by atoms with Gasteiger partial charge in [-0.3, -0.25) is 4.79 Å². The van der Waals surface area contributed by atoms with Gasteiger partial charge in [-0.1, -0.05) is 12.1 Å². The number of nitrogens with one attached hydrogen (secondary N) is 1. The van der Waals surface area contributed by atoms with Crippen molar-refractivity contribution in [1.82, 2.24) is 10.5 Å². The first kappa shape index (κ1) is 12.0. The molecule has 0 aromatic carbocycles. The number of rotatable bonds is 4. The molecule has 1 N–H and O–H groups in total. The molecule has 0 aliphatic rings. The lowest BCUT2D eigenvalue weighted by molar-refractivity contribution is 0.0874. The fourth-order valence-electron chi connectivity index (χ4n) is 1.02. The van der Waals surface area contributed by atoms with Crippen LogP contribution in [0.3, 0.4) is 0 Å². The molecular formula is C10H15ClN2O2. The molecule has 5 heteroatoms. The molecule has 0 aliphatic carbocycles. The van der Waals surface area contributed by atoms with E-state index in [0.29, 0.717) is 11.6 Å². The molecule has 1 aromatic rings. The summed E-state index contributed by atoms with van der Waals surface area (Å²) in [6, 6.07) is 1.60. The molecule has 1 heterocycles. The van der Waals surface area contributed by atoms with Gasteiger partial charge in [0.05, 0.1) is 11.2 Å². The van der Waals surface area contributed by atoms with Crippen molar-refractivity contribution >= 4 is 17.5 Å². The van der Waals surface area contributed by atoms with Crippen molar-refractivity contribution in [2.45, 2.75) is 32.7 Å². The average molecular weight is 231 g/mol. The SMILES string of the molecule is CCC(C)(CCl)NC(=O)c1cc(C)no1. The van der Waals surface area contributed by atoms with Gasteiger partial charge in [0.2, 0.25) is 5.76 Å². The van der Waals surface area contributed by atoms with E-state index in [0.717, 1.165) is 6.42 Å². The fourth-order valence-corrected chi connectivity index (χ4v) is 1.28. The minimum atomic E-state index is -0.403. The van der Waals surface area contributed by atoms with Gasteiger partial charge < -0.3 is 9.84 Å². The zero-order valence-corrected chi connectivity index (χ0v) is 9.89. The van der Waals surface area contributed by atoms with Gasteiger partial charge in [-0.15, -0.1) is 11.6 Å². The number of aromatic nitrogens is 1. The van der Waals surface area contributed by atoms with Gasteiger partial charge in [-0.25, -0.2) is 0 Å². The van der Waals surface area contributed by atoms with Gasteiger partial charge in [0.1, 0.15) is 0 Å². The Morgan fingerprint density at radius 3 is 2.80 bits per heavy atom. The van der Waals surface area contributed by atoms with Crippen LogP contribution in [-0.2, 0) is 0 Å². The van der Waals surface area contributed by atoms with E-state index in [4.69, 9.17) is 16.1 Å². The molecule has 0 spiro atoms. The Hall–Kier alpha value is -1.03. The first-order valence-corrected chi connectivity index (χ1v) is 5.36. The predicted octanol–water partition coefficient (Wildman–Crippen LogP) is 2.12. The summed E-state index contributed by atoms with van der Waals surface area (Å²) in [5, 5.41) is 6.47. The summed E-state index contributed by atoms with van der Waals surface area (Å²) in [5.41, 5.74) is 0.281. The highest BCUT2D eigenvalue weighted by Crippen LogP contribution is 2.13. The number of carbonyl (C=O) groups is 1. The Balaban J connectivity index is 2.71. The standard InChI is InChI=1S/C10H15ClN2O2/c1-4-10(3,6-11)12-9(14)8-5-7(2)13-15-8/h5H,4,6H2,1-3H3,(H,12,14). The number of hydrogen-bond acceptors (Lipinski definition) is 3. The summed E-state index contributed by atoms with van der Waals surface area (Å²) in [6.07, 6.45) is 0.759. The van der Waals surface area contributed by atoms with Crippen LogP contribution in [0.2, 0.25) is 0 Å². The van der Waals surface area contributed by atoms with E-state index < -0.39 is 5.54 Å². The highest BCUT2D eigenvalue weighted by molar-refractivity contribution is 6.18. The van der Waals surface area contributed by atoms with Crippen LogP contribution in [0.25, 0.3) is 0 Å². The van der Waals surface area contributed by atoms with Crippen LogP contribution in [0, 0.1) is 6.92 Å². The van der Waals surface area contributed by atoms with E-state index in [-0.39, 0.29) is 11.7 Å².